The van der Waals surface area contributed by atoms with Crippen LogP contribution >= 0.6 is 15.9 Å². The van der Waals surface area contributed by atoms with Crippen molar-refractivity contribution in [1.29, 1.82) is 0 Å². The van der Waals surface area contributed by atoms with Gasteiger partial charge in [0.15, 0.2) is 5.78 Å². The van der Waals surface area contributed by atoms with Crippen molar-refractivity contribution in [2.24, 2.45) is 0 Å². The summed E-state index contributed by atoms with van der Waals surface area (Å²) in [6.45, 7) is 4.03. The van der Waals surface area contributed by atoms with Crippen LogP contribution in [0.4, 0.5) is 0 Å². The van der Waals surface area contributed by atoms with Crippen molar-refractivity contribution in [2.75, 3.05) is 33.4 Å². The monoisotopic (exact) mass is 387 g/mol. The van der Waals surface area contributed by atoms with Gasteiger partial charge in [0.25, 0.3) is 0 Å². The van der Waals surface area contributed by atoms with Crippen molar-refractivity contribution in [3.8, 4) is 16.9 Å². The highest BCUT2D eigenvalue weighted by molar-refractivity contribution is 9.10. The number of ether oxygens (including phenoxy) is 2. The Bertz CT molecular complexity index is 812. The number of hydrogen-bond donors (Lipinski definition) is 0. The summed E-state index contributed by atoms with van der Waals surface area (Å²) in [6, 6.07) is 9.73. The van der Waals surface area contributed by atoms with Crippen LogP contribution in [0.3, 0.4) is 0 Å². The molecular formula is C19H18BrNO3. The number of halogens is 1. The van der Waals surface area contributed by atoms with Gasteiger partial charge in [0.2, 0.25) is 0 Å². The molecule has 0 saturated carbocycles. The van der Waals surface area contributed by atoms with Gasteiger partial charge in [-0.25, -0.2) is 0 Å². The van der Waals surface area contributed by atoms with E-state index in [4.69, 9.17) is 9.47 Å². The molecular weight excluding hydrogens is 370 g/mol. The lowest BCUT2D eigenvalue weighted by Gasteiger charge is -2.28. The van der Waals surface area contributed by atoms with Crippen LogP contribution in [0.1, 0.15) is 21.5 Å². The van der Waals surface area contributed by atoms with Gasteiger partial charge in [-0.3, -0.25) is 9.69 Å². The Kier molecular flexibility index (Phi) is 4.16. The molecule has 2 aromatic rings. The summed E-state index contributed by atoms with van der Waals surface area (Å²) >= 11 is 3.56. The lowest BCUT2D eigenvalue weighted by atomic mass is 9.97. The Hall–Kier alpha value is -1.69. The molecule has 24 heavy (non-hydrogen) atoms. The van der Waals surface area contributed by atoms with Gasteiger partial charge in [-0.1, -0.05) is 24.3 Å². The fourth-order valence-electron chi connectivity index (χ4n) is 3.54. The van der Waals surface area contributed by atoms with Crippen LogP contribution in [0.5, 0.6) is 5.75 Å². The molecule has 0 amide bonds. The Balaban J connectivity index is 1.89. The number of rotatable bonds is 3. The summed E-state index contributed by atoms with van der Waals surface area (Å²) in [5, 5.41) is 0. The van der Waals surface area contributed by atoms with Crippen molar-refractivity contribution < 1.29 is 14.3 Å². The molecule has 1 fully saturated rings. The Labute approximate surface area is 149 Å². The molecule has 4 rings (SSSR count). The van der Waals surface area contributed by atoms with E-state index in [1.54, 1.807) is 7.11 Å². The van der Waals surface area contributed by atoms with E-state index in [0.29, 0.717) is 0 Å². The lowest BCUT2D eigenvalue weighted by molar-refractivity contribution is 0.0339. The molecule has 0 spiro atoms. The fraction of sp³-hybridized carbons (Fsp3) is 0.316. The summed E-state index contributed by atoms with van der Waals surface area (Å²) in [7, 11) is 1.68. The molecule has 0 unspecified atom stereocenters. The molecule has 0 radical (unpaired) electrons. The second-order valence-electron chi connectivity index (χ2n) is 6.05. The second-order valence-corrected chi connectivity index (χ2v) is 6.91. The van der Waals surface area contributed by atoms with Crippen LogP contribution in [0.15, 0.2) is 34.8 Å². The van der Waals surface area contributed by atoms with E-state index in [0.717, 1.165) is 70.9 Å². The fourth-order valence-corrected chi connectivity index (χ4v) is 4.13. The maximum absolute atomic E-state index is 12.8. The zero-order valence-corrected chi connectivity index (χ0v) is 15.1. The quantitative estimate of drug-likeness (QED) is 0.689. The Morgan fingerprint density at radius 2 is 1.88 bits per heavy atom. The number of morpholine rings is 1. The van der Waals surface area contributed by atoms with E-state index in [9.17, 15) is 4.79 Å². The highest BCUT2D eigenvalue weighted by atomic mass is 79.9. The van der Waals surface area contributed by atoms with Crippen molar-refractivity contribution in [3.05, 3.63) is 51.5 Å². The van der Waals surface area contributed by atoms with Crippen molar-refractivity contribution in [2.45, 2.75) is 6.54 Å². The summed E-state index contributed by atoms with van der Waals surface area (Å²) < 4.78 is 11.9. The van der Waals surface area contributed by atoms with Crippen LogP contribution in [0.25, 0.3) is 11.1 Å². The molecule has 1 aliphatic carbocycles. The van der Waals surface area contributed by atoms with Crippen LogP contribution in [0, 0.1) is 0 Å². The highest BCUT2D eigenvalue weighted by Crippen LogP contribution is 2.46. The number of methoxy groups -OCH3 is 1. The first-order valence-corrected chi connectivity index (χ1v) is 8.83. The van der Waals surface area contributed by atoms with Crippen molar-refractivity contribution in [1.82, 2.24) is 4.90 Å². The number of nitrogens with zero attached hydrogens (tertiary/aromatic N) is 1. The first-order valence-electron chi connectivity index (χ1n) is 8.04. The summed E-state index contributed by atoms with van der Waals surface area (Å²) in [5.41, 5.74) is 4.61. The number of hydrogen-bond acceptors (Lipinski definition) is 4. The van der Waals surface area contributed by atoms with E-state index in [-0.39, 0.29) is 5.78 Å². The average molecular weight is 388 g/mol. The molecule has 0 aromatic heterocycles. The largest absolute Gasteiger partial charge is 0.496 e. The van der Waals surface area contributed by atoms with E-state index in [2.05, 4.69) is 20.8 Å². The second kappa shape index (κ2) is 6.31. The molecule has 1 saturated heterocycles. The maximum Gasteiger partial charge on any atom is 0.195 e. The van der Waals surface area contributed by atoms with Gasteiger partial charge in [-0.15, -0.1) is 0 Å². The smallest absolute Gasteiger partial charge is 0.195 e. The topological polar surface area (TPSA) is 38.8 Å². The molecule has 2 aliphatic rings. The third-order valence-electron chi connectivity index (χ3n) is 4.72. The van der Waals surface area contributed by atoms with E-state index >= 15 is 0 Å². The number of carbonyl (C=O) groups excluding carboxylic acids is 1. The van der Waals surface area contributed by atoms with Crippen molar-refractivity contribution in [3.63, 3.8) is 0 Å². The zero-order valence-electron chi connectivity index (χ0n) is 13.5. The summed E-state index contributed by atoms with van der Waals surface area (Å²) in [4.78, 5) is 15.2. The minimum absolute atomic E-state index is 0.0818. The molecule has 5 heteroatoms. The Morgan fingerprint density at radius 3 is 2.58 bits per heavy atom. The first kappa shape index (κ1) is 15.8. The standard InChI is InChI=1S/C19H18BrNO3/c1-23-16-10-15(20)18-17(12-4-2-3-5-13(12)19(18)22)14(16)11-21-6-8-24-9-7-21/h2-5,10H,6-9,11H2,1H3. The third-order valence-corrected chi connectivity index (χ3v) is 5.34. The summed E-state index contributed by atoms with van der Waals surface area (Å²) in [5.74, 6) is 0.898. The van der Waals surface area contributed by atoms with Crippen LogP contribution in [0.2, 0.25) is 0 Å². The van der Waals surface area contributed by atoms with Gasteiger partial charge in [0.1, 0.15) is 5.75 Å². The predicted molar refractivity (Wildman–Crippen MR) is 95.7 cm³/mol. The first-order chi connectivity index (χ1) is 11.7. The van der Waals surface area contributed by atoms with Crippen LogP contribution in [-0.2, 0) is 11.3 Å². The molecule has 0 N–H and O–H groups in total. The number of benzene rings is 2. The van der Waals surface area contributed by atoms with Gasteiger partial charge in [-0.2, -0.15) is 0 Å². The highest BCUT2D eigenvalue weighted by Gasteiger charge is 2.33. The lowest BCUT2D eigenvalue weighted by Crippen LogP contribution is -2.35. The minimum Gasteiger partial charge on any atom is -0.496 e. The van der Waals surface area contributed by atoms with Gasteiger partial charge >= 0.3 is 0 Å². The number of carbonyl (C=O) groups is 1. The molecule has 0 atom stereocenters. The molecule has 2 aromatic carbocycles. The third kappa shape index (κ3) is 2.48. The van der Waals surface area contributed by atoms with Crippen molar-refractivity contribution >= 4 is 21.7 Å². The predicted octanol–water partition coefficient (Wildman–Crippen LogP) is 3.50. The SMILES string of the molecule is COc1cc(Br)c2c(c1CN1CCOCC1)-c1ccccc1C2=O. The molecule has 124 valence electrons. The van der Waals surface area contributed by atoms with E-state index in [1.165, 1.54) is 0 Å². The number of ketones is 1. The summed E-state index contributed by atoms with van der Waals surface area (Å²) in [6.07, 6.45) is 0. The average Bonchev–Trinajstić information content (AvgIpc) is 2.92. The van der Waals surface area contributed by atoms with E-state index in [1.807, 2.05) is 30.3 Å². The van der Waals surface area contributed by atoms with Gasteiger partial charge < -0.3 is 9.47 Å². The van der Waals surface area contributed by atoms with Gasteiger partial charge in [-0.05, 0) is 27.6 Å². The Morgan fingerprint density at radius 1 is 1.17 bits per heavy atom. The molecule has 0 bridgehead atoms. The zero-order chi connectivity index (χ0) is 16.7. The normalized spacial score (nSPS) is 16.8. The number of fused-ring (bicyclic) bond motifs is 3. The minimum atomic E-state index is 0.0818. The van der Waals surface area contributed by atoms with Gasteiger partial charge in [0, 0.05) is 46.4 Å². The van der Waals surface area contributed by atoms with E-state index < -0.39 is 0 Å². The van der Waals surface area contributed by atoms with Crippen LogP contribution in [-0.4, -0.2) is 44.1 Å². The van der Waals surface area contributed by atoms with Gasteiger partial charge in [0.05, 0.1) is 20.3 Å². The molecule has 1 aliphatic heterocycles. The molecule has 4 nitrogen and oxygen atoms in total. The van der Waals surface area contributed by atoms with Crippen LogP contribution < -0.4 is 4.74 Å². The maximum atomic E-state index is 12.8. The molecule has 1 heterocycles.